The van der Waals surface area contributed by atoms with Gasteiger partial charge in [-0.25, -0.2) is 0 Å². The van der Waals surface area contributed by atoms with E-state index >= 15 is 0 Å². The molecular weight excluding hydrogens is 356 g/mol. The highest BCUT2D eigenvalue weighted by Crippen LogP contribution is 2.31. The Morgan fingerprint density at radius 2 is 1.82 bits per heavy atom. The highest BCUT2D eigenvalue weighted by molar-refractivity contribution is 6.03. The Morgan fingerprint density at radius 1 is 1.07 bits per heavy atom. The van der Waals surface area contributed by atoms with Gasteiger partial charge in [-0.05, 0) is 49.6 Å². The van der Waals surface area contributed by atoms with Crippen molar-refractivity contribution < 1.29 is 19.1 Å². The third-order valence-electron chi connectivity index (χ3n) is 4.68. The van der Waals surface area contributed by atoms with E-state index in [1.807, 2.05) is 32.0 Å². The Hall–Kier alpha value is -3.02. The van der Waals surface area contributed by atoms with Gasteiger partial charge in [0, 0.05) is 12.5 Å². The second kappa shape index (κ2) is 9.26. The molecule has 0 aromatic heterocycles. The molecule has 0 saturated carbocycles. The van der Waals surface area contributed by atoms with E-state index < -0.39 is 0 Å². The van der Waals surface area contributed by atoms with E-state index in [2.05, 4.69) is 10.6 Å². The number of carbonyl (C=O) groups excluding carboxylic acids is 2. The quantitative estimate of drug-likeness (QED) is 0.768. The second-order valence-electron chi connectivity index (χ2n) is 6.85. The zero-order valence-corrected chi connectivity index (χ0v) is 16.3. The van der Waals surface area contributed by atoms with Gasteiger partial charge in [0.25, 0.3) is 5.91 Å². The van der Waals surface area contributed by atoms with Crippen LogP contribution < -0.4 is 20.1 Å². The Labute approximate surface area is 165 Å². The van der Waals surface area contributed by atoms with Crippen molar-refractivity contribution in [2.75, 3.05) is 18.5 Å². The molecule has 0 spiro atoms. The first-order valence-electron chi connectivity index (χ1n) is 9.65. The van der Waals surface area contributed by atoms with Crippen molar-refractivity contribution in [2.24, 2.45) is 0 Å². The Balaban J connectivity index is 1.60. The van der Waals surface area contributed by atoms with Gasteiger partial charge in [-0.1, -0.05) is 25.1 Å². The van der Waals surface area contributed by atoms with E-state index in [4.69, 9.17) is 9.47 Å². The monoisotopic (exact) mass is 382 g/mol. The lowest BCUT2D eigenvalue weighted by Gasteiger charge is -2.18. The van der Waals surface area contributed by atoms with Crippen LogP contribution in [-0.2, 0) is 11.2 Å². The SMILES string of the molecule is CC[C@@H](C)NC(=O)c1ccccc1NC(=O)CCc1ccc2c(c1)OCCO2. The summed E-state index contributed by atoms with van der Waals surface area (Å²) in [5.74, 6) is 1.13. The lowest BCUT2D eigenvalue weighted by molar-refractivity contribution is -0.116. The number of para-hydroxylation sites is 1. The van der Waals surface area contributed by atoms with Gasteiger partial charge in [0.15, 0.2) is 11.5 Å². The number of anilines is 1. The lowest BCUT2D eigenvalue weighted by Crippen LogP contribution is -2.32. The third-order valence-corrected chi connectivity index (χ3v) is 4.68. The summed E-state index contributed by atoms with van der Waals surface area (Å²) in [6.07, 6.45) is 1.72. The van der Waals surface area contributed by atoms with Gasteiger partial charge < -0.3 is 20.1 Å². The van der Waals surface area contributed by atoms with Crippen molar-refractivity contribution in [3.63, 3.8) is 0 Å². The molecule has 2 aromatic rings. The predicted octanol–water partition coefficient (Wildman–Crippen LogP) is 3.56. The minimum absolute atomic E-state index is 0.0754. The first kappa shape index (κ1) is 19.7. The van der Waals surface area contributed by atoms with Crippen molar-refractivity contribution >= 4 is 17.5 Å². The maximum absolute atomic E-state index is 12.4. The normalized spacial score (nSPS) is 13.5. The zero-order chi connectivity index (χ0) is 19.9. The molecule has 0 bridgehead atoms. The van der Waals surface area contributed by atoms with E-state index in [9.17, 15) is 9.59 Å². The molecule has 3 rings (SSSR count). The molecule has 2 amide bonds. The first-order chi connectivity index (χ1) is 13.6. The topological polar surface area (TPSA) is 76.7 Å². The van der Waals surface area contributed by atoms with Crippen LogP contribution in [0.5, 0.6) is 11.5 Å². The molecule has 28 heavy (non-hydrogen) atoms. The number of benzene rings is 2. The summed E-state index contributed by atoms with van der Waals surface area (Å²) in [7, 11) is 0. The van der Waals surface area contributed by atoms with Crippen LogP contribution in [0.2, 0.25) is 0 Å². The van der Waals surface area contributed by atoms with E-state index in [0.717, 1.165) is 23.5 Å². The van der Waals surface area contributed by atoms with Crippen LogP contribution in [0.1, 0.15) is 42.6 Å². The summed E-state index contributed by atoms with van der Waals surface area (Å²) in [6.45, 7) is 5.05. The molecule has 6 nitrogen and oxygen atoms in total. The molecule has 148 valence electrons. The number of carbonyl (C=O) groups is 2. The fourth-order valence-electron chi connectivity index (χ4n) is 2.91. The van der Waals surface area contributed by atoms with Gasteiger partial charge in [-0.15, -0.1) is 0 Å². The van der Waals surface area contributed by atoms with Crippen LogP contribution in [0.3, 0.4) is 0 Å². The molecule has 2 N–H and O–H groups in total. The Morgan fingerprint density at radius 3 is 2.61 bits per heavy atom. The molecule has 0 fully saturated rings. The van der Waals surface area contributed by atoms with Crippen LogP contribution in [0.4, 0.5) is 5.69 Å². The fraction of sp³-hybridized carbons (Fsp3) is 0.364. The van der Waals surface area contributed by atoms with Crippen LogP contribution in [0.25, 0.3) is 0 Å². The number of aryl methyl sites for hydroxylation is 1. The smallest absolute Gasteiger partial charge is 0.253 e. The number of rotatable bonds is 7. The summed E-state index contributed by atoms with van der Waals surface area (Å²) >= 11 is 0. The zero-order valence-electron chi connectivity index (χ0n) is 16.3. The molecular formula is C22H26N2O4. The molecule has 1 aliphatic heterocycles. The molecule has 2 aromatic carbocycles. The van der Waals surface area contributed by atoms with Crippen molar-refractivity contribution in [3.8, 4) is 11.5 Å². The maximum Gasteiger partial charge on any atom is 0.253 e. The number of fused-ring (bicyclic) bond motifs is 1. The van der Waals surface area contributed by atoms with E-state index in [-0.39, 0.29) is 17.9 Å². The standard InChI is InChI=1S/C22H26N2O4/c1-3-15(2)23-22(26)17-6-4-5-7-18(17)24-21(25)11-9-16-8-10-19-20(14-16)28-13-12-27-19/h4-8,10,14-15H,3,9,11-13H2,1-2H3,(H,23,26)(H,24,25)/t15-/m1/s1. The maximum atomic E-state index is 12.4. The van der Waals surface area contributed by atoms with Gasteiger partial charge in [0.05, 0.1) is 11.3 Å². The van der Waals surface area contributed by atoms with Crippen LogP contribution in [0, 0.1) is 0 Å². The van der Waals surface area contributed by atoms with Crippen LogP contribution >= 0.6 is 0 Å². The summed E-state index contributed by atoms with van der Waals surface area (Å²) in [5.41, 5.74) is 1.99. The summed E-state index contributed by atoms with van der Waals surface area (Å²) < 4.78 is 11.1. The lowest BCUT2D eigenvalue weighted by atomic mass is 10.1. The number of amides is 2. The summed E-state index contributed by atoms with van der Waals surface area (Å²) in [6, 6.07) is 12.8. The van der Waals surface area contributed by atoms with Gasteiger partial charge in [0.1, 0.15) is 13.2 Å². The fourth-order valence-corrected chi connectivity index (χ4v) is 2.91. The van der Waals surface area contributed by atoms with E-state index in [0.29, 0.717) is 37.3 Å². The van der Waals surface area contributed by atoms with Crippen molar-refractivity contribution in [3.05, 3.63) is 53.6 Å². The second-order valence-corrected chi connectivity index (χ2v) is 6.85. The van der Waals surface area contributed by atoms with Gasteiger partial charge in [-0.2, -0.15) is 0 Å². The molecule has 1 aliphatic rings. The van der Waals surface area contributed by atoms with E-state index in [1.54, 1.807) is 24.3 Å². The van der Waals surface area contributed by atoms with Crippen molar-refractivity contribution in [1.29, 1.82) is 0 Å². The number of hydrogen-bond donors (Lipinski definition) is 2. The Bertz CT molecular complexity index is 850. The minimum Gasteiger partial charge on any atom is -0.486 e. The summed E-state index contributed by atoms with van der Waals surface area (Å²) in [4.78, 5) is 24.9. The average molecular weight is 382 g/mol. The molecule has 0 radical (unpaired) electrons. The highest BCUT2D eigenvalue weighted by Gasteiger charge is 2.15. The number of ether oxygens (including phenoxy) is 2. The van der Waals surface area contributed by atoms with Crippen LogP contribution in [0.15, 0.2) is 42.5 Å². The Kier molecular flexibility index (Phi) is 6.53. The minimum atomic E-state index is -0.183. The number of nitrogens with one attached hydrogen (secondary N) is 2. The molecule has 0 unspecified atom stereocenters. The van der Waals surface area contributed by atoms with Crippen LogP contribution in [-0.4, -0.2) is 31.1 Å². The van der Waals surface area contributed by atoms with Gasteiger partial charge in [0.2, 0.25) is 5.91 Å². The van der Waals surface area contributed by atoms with E-state index in [1.165, 1.54) is 0 Å². The van der Waals surface area contributed by atoms with Crippen molar-refractivity contribution in [1.82, 2.24) is 5.32 Å². The predicted molar refractivity (Wildman–Crippen MR) is 108 cm³/mol. The molecule has 6 heteroatoms. The third kappa shape index (κ3) is 5.03. The number of hydrogen-bond acceptors (Lipinski definition) is 4. The first-order valence-corrected chi connectivity index (χ1v) is 9.65. The molecule has 0 saturated heterocycles. The summed E-state index contributed by atoms with van der Waals surface area (Å²) in [5, 5.41) is 5.79. The molecule has 1 heterocycles. The largest absolute Gasteiger partial charge is 0.486 e. The highest BCUT2D eigenvalue weighted by atomic mass is 16.6. The van der Waals surface area contributed by atoms with Crippen molar-refractivity contribution in [2.45, 2.75) is 39.2 Å². The molecule has 0 aliphatic carbocycles. The molecule has 1 atom stereocenters. The van der Waals surface area contributed by atoms with Gasteiger partial charge >= 0.3 is 0 Å². The van der Waals surface area contributed by atoms with Gasteiger partial charge in [-0.3, -0.25) is 9.59 Å². The average Bonchev–Trinajstić information content (AvgIpc) is 2.72.